The van der Waals surface area contributed by atoms with Gasteiger partial charge in [0.15, 0.2) is 0 Å². The average Bonchev–Trinajstić information content (AvgIpc) is 2.16. The minimum atomic E-state index is -0.392. The van der Waals surface area contributed by atoms with Gasteiger partial charge in [-0.2, -0.15) is 25.3 Å². The second-order valence-corrected chi connectivity index (χ2v) is 3.30. The van der Waals surface area contributed by atoms with E-state index in [-0.39, 0.29) is 23.4 Å². The van der Waals surface area contributed by atoms with E-state index < -0.39 is 11.9 Å². The van der Waals surface area contributed by atoms with Gasteiger partial charge in [0.1, 0.15) is 11.9 Å². The molecule has 0 aliphatic heterocycles. The van der Waals surface area contributed by atoms with Crippen LogP contribution in [0.3, 0.4) is 0 Å². The van der Waals surface area contributed by atoms with Gasteiger partial charge in [-0.1, -0.05) is 11.8 Å². The predicted molar refractivity (Wildman–Crippen MR) is 57.2 cm³/mol. The summed E-state index contributed by atoms with van der Waals surface area (Å²) >= 11 is 8.60. The zero-order chi connectivity index (χ0) is 10.1. The lowest BCUT2D eigenvalue weighted by molar-refractivity contribution is -0.138. The Labute approximate surface area is 91.5 Å². The molecule has 0 aromatic heterocycles. The van der Waals surface area contributed by atoms with Crippen molar-refractivity contribution in [2.75, 3.05) is 23.4 Å². The van der Waals surface area contributed by atoms with E-state index >= 15 is 0 Å². The Balaban J connectivity index is 3.17. The lowest BCUT2D eigenvalue weighted by Gasteiger charge is -2.03. The number of thiol groups is 2. The highest BCUT2D eigenvalue weighted by atomic mass is 32.2. The van der Waals surface area contributed by atoms with Crippen LogP contribution in [-0.4, -0.2) is 35.3 Å². The monoisotopic (exact) mass is 242 g/mol. The maximum absolute atomic E-state index is 10.5. The number of esters is 2. The molecule has 0 amide bonds. The van der Waals surface area contributed by atoms with Gasteiger partial charge >= 0.3 is 11.9 Å². The van der Waals surface area contributed by atoms with Crippen LogP contribution in [0, 0.1) is 0 Å². The standard InChI is InChI=1S/C6H10O4S3/c7-5(1-11)9-3-13-4-10-6(8)2-12/h11-12H,1-4H2. The van der Waals surface area contributed by atoms with Crippen molar-refractivity contribution < 1.29 is 19.1 Å². The van der Waals surface area contributed by atoms with Crippen molar-refractivity contribution in [2.45, 2.75) is 0 Å². The van der Waals surface area contributed by atoms with Crippen molar-refractivity contribution in [3.8, 4) is 0 Å². The number of carbonyl (C=O) groups is 2. The lowest BCUT2D eigenvalue weighted by atomic mass is 10.8. The van der Waals surface area contributed by atoms with Crippen molar-refractivity contribution in [1.29, 1.82) is 0 Å². The maximum Gasteiger partial charge on any atom is 0.316 e. The quantitative estimate of drug-likeness (QED) is 0.309. The highest BCUT2D eigenvalue weighted by molar-refractivity contribution is 7.99. The molecule has 0 aromatic rings. The second-order valence-electron chi connectivity index (χ2n) is 1.79. The summed E-state index contributed by atoms with van der Waals surface area (Å²) in [6.07, 6.45) is 0. The zero-order valence-corrected chi connectivity index (χ0v) is 9.37. The number of hydrogen-bond donors (Lipinski definition) is 2. The van der Waals surface area contributed by atoms with Gasteiger partial charge in [-0.3, -0.25) is 9.59 Å². The molecule has 0 N–H and O–H groups in total. The third kappa shape index (κ3) is 8.32. The van der Waals surface area contributed by atoms with Crippen molar-refractivity contribution in [3.05, 3.63) is 0 Å². The first-order valence-electron chi connectivity index (χ1n) is 3.31. The van der Waals surface area contributed by atoms with Crippen LogP contribution in [0.1, 0.15) is 0 Å². The Bertz CT molecular complexity index is 155. The van der Waals surface area contributed by atoms with E-state index in [1.165, 1.54) is 11.8 Å². The Kier molecular flexibility index (Phi) is 8.58. The third-order valence-corrected chi connectivity index (χ3v) is 1.95. The molecule has 4 nitrogen and oxygen atoms in total. The number of carbonyl (C=O) groups excluding carboxylic acids is 2. The summed E-state index contributed by atoms with van der Waals surface area (Å²) in [5.41, 5.74) is 0. The van der Waals surface area contributed by atoms with Gasteiger partial charge < -0.3 is 9.47 Å². The van der Waals surface area contributed by atoms with Crippen LogP contribution in [0.4, 0.5) is 0 Å². The highest BCUT2D eigenvalue weighted by Crippen LogP contribution is 2.01. The zero-order valence-electron chi connectivity index (χ0n) is 6.76. The second kappa shape index (κ2) is 8.58. The van der Waals surface area contributed by atoms with E-state index in [2.05, 4.69) is 34.7 Å². The van der Waals surface area contributed by atoms with Gasteiger partial charge in [-0.25, -0.2) is 0 Å². The fourth-order valence-corrected chi connectivity index (χ4v) is 1.02. The SMILES string of the molecule is O=C(CS)OCSCOC(=O)CS. The lowest BCUT2D eigenvalue weighted by Crippen LogP contribution is -2.08. The molecule has 13 heavy (non-hydrogen) atoms. The number of hydrogen-bond acceptors (Lipinski definition) is 7. The van der Waals surface area contributed by atoms with E-state index in [1.54, 1.807) is 0 Å². The van der Waals surface area contributed by atoms with Crippen LogP contribution in [-0.2, 0) is 19.1 Å². The Morgan fingerprint density at radius 3 is 1.69 bits per heavy atom. The molecule has 0 radical (unpaired) electrons. The first-order valence-corrected chi connectivity index (χ1v) is 5.73. The Morgan fingerprint density at radius 1 is 1.00 bits per heavy atom. The molecule has 0 aromatic carbocycles. The fourth-order valence-electron chi connectivity index (χ4n) is 0.340. The molecule has 0 saturated carbocycles. The van der Waals surface area contributed by atoms with Crippen LogP contribution >= 0.6 is 37.0 Å². The fraction of sp³-hybridized carbons (Fsp3) is 0.667. The smallest absolute Gasteiger partial charge is 0.316 e. The van der Waals surface area contributed by atoms with Crippen LogP contribution in [0.25, 0.3) is 0 Å². The average molecular weight is 242 g/mol. The summed E-state index contributed by atoms with van der Waals surface area (Å²) in [7, 11) is 0. The summed E-state index contributed by atoms with van der Waals surface area (Å²) in [6, 6.07) is 0. The molecule has 0 rings (SSSR count). The summed E-state index contributed by atoms with van der Waals surface area (Å²) < 4.78 is 9.29. The molecule has 0 saturated heterocycles. The molecule has 76 valence electrons. The van der Waals surface area contributed by atoms with Gasteiger partial charge in [-0.05, 0) is 0 Å². The largest absolute Gasteiger partial charge is 0.454 e. The molecule has 0 fully saturated rings. The van der Waals surface area contributed by atoms with Gasteiger partial charge in [0.25, 0.3) is 0 Å². The molecule has 0 bridgehead atoms. The molecule has 0 atom stereocenters. The minimum Gasteiger partial charge on any atom is -0.454 e. The van der Waals surface area contributed by atoms with Gasteiger partial charge in [0.2, 0.25) is 0 Å². The first-order chi connectivity index (χ1) is 6.20. The normalized spacial score (nSPS) is 9.38. The first kappa shape index (κ1) is 13.0. The van der Waals surface area contributed by atoms with Crippen molar-refractivity contribution in [3.63, 3.8) is 0 Å². The maximum atomic E-state index is 10.5. The molecule has 0 heterocycles. The topological polar surface area (TPSA) is 52.6 Å². The Morgan fingerprint density at radius 2 is 1.38 bits per heavy atom. The molecular formula is C6H10O4S3. The molecule has 7 heteroatoms. The molecular weight excluding hydrogens is 232 g/mol. The third-order valence-electron chi connectivity index (χ3n) is 0.865. The molecule has 0 unspecified atom stereocenters. The van der Waals surface area contributed by atoms with Crippen molar-refractivity contribution in [1.82, 2.24) is 0 Å². The van der Waals surface area contributed by atoms with Crippen molar-refractivity contribution in [2.24, 2.45) is 0 Å². The van der Waals surface area contributed by atoms with E-state index in [4.69, 9.17) is 0 Å². The highest BCUT2D eigenvalue weighted by Gasteiger charge is 2.00. The summed E-state index contributed by atoms with van der Waals surface area (Å²) in [5.74, 6) is -0.348. The van der Waals surface area contributed by atoms with Gasteiger partial charge in [0.05, 0.1) is 11.5 Å². The Hall–Kier alpha value is -0.0100. The van der Waals surface area contributed by atoms with Crippen LogP contribution in [0.15, 0.2) is 0 Å². The summed E-state index contributed by atoms with van der Waals surface area (Å²) in [5, 5.41) is 0. The van der Waals surface area contributed by atoms with Gasteiger partial charge in [-0.15, -0.1) is 0 Å². The van der Waals surface area contributed by atoms with E-state index in [0.717, 1.165) is 0 Å². The van der Waals surface area contributed by atoms with Crippen LogP contribution < -0.4 is 0 Å². The summed E-state index contributed by atoms with van der Waals surface area (Å²) in [4.78, 5) is 21.1. The van der Waals surface area contributed by atoms with E-state index in [1.807, 2.05) is 0 Å². The van der Waals surface area contributed by atoms with E-state index in [0.29, 0.717) is 0 Å². The van der Waals surface area contributed by atoms with Crippen LogP contribution in [0.2, 0.25) is 0 Å². The number of ether oxygens (including phenoxy) is 2. The molecule has 0 spiro atoms. The van der Waals surface area contributed by atoms with E-state index in [9.17, 15) is 9.59 Å². The molecule has 0 aliphatic rings. The minimum absolute atomic E-state index is 0.0526. The van der Waals surface area contributed by atoms with Gasteiger partial charge in [0, 0.05) is 0 Å². The number of thioether (sulfide) groups is 1. The van der Waals surface area contributed by atoms with Crippen molar-refractivity contribution >= 4 is 49.0 Å². The predicted octanol–water partition coefficient (Wildman–Crippen LogP) is 0.581. The van der Waals surface area contributed by atoms with Crippen LogP contribution in [0.5, 0.6) is 0 Å². The molecule has 0 aliphatic carbocycles. The summed E-state index contributed by atoms with van der Waals surface area (Å²) in [6.45, 7) is 0. The number of rotatable bonds is 6.